The first-order chi connectivity index (χ1) is 17.2. The lowest BCUT2D eigenvalue weighted by Crippen LogP contribution is -1.95. The molecule has 0 aliphatic carbocycles. The van der Waals surface area contributed by atoms with Crippen LogP contribution in [0.25, 0.3) is 43.8 Å². The number of hydrogen-bond acceptors (Lipinski definition) is 1. The standard InChI is InChI=1S/C32H20Br2O/c33-29-15-7-5-13-25(29)27-19-17-21-9-1-3-11-23(21)31(27)35-32-24-12-4-2-10-22(24)18-20-28(32)26-14-6-8-16-30(26)34/h1-20H. The summed E-state index contributed by atoms with van der Waals surface area (Å²) in [6.07, 6.45) is 0. The predicted octanol–water partition coefficient (Wildman–Crippen LogP) is 10.6. The molecule has 168 valence electrons. The summed E-state index contributed by atoms with van der Waals surface area (Å²) in [5.74, 6) is 1.69. The molecule has 0 amide bonds. The van der Waals surface area contributed by atoms with Crippen molar-refractivity contribution in [3.05, 3.63) is 130 Å². The fraction of sp³-hybridized carbons (Fsp3) is 0. The summed E-state index contributed by atoms with van der Waals surface area (Å²) in [5, 5.41) is 4.43. The van der Waals surface area contributed by atoms with Gasteiger partial charge in [-0.15, -0.1) is 0 Å². The van der Waals surface area contributed by atoms with Crippen molar-refractivity contribution in [2.24, 2.45) is 0 Å². The van der Waals surface area contributed by atoms with E-state index in [-0.39, 0.29) is 0 Å². The van der Waals surface area contributed by atoms with Crippen molar-refractivity contribution in [3.8, 4) is 33.8 Å². The number of hydrogen-bond donors (Lipinski definition) is 0. The van der Waals surface area contributed by atoms with E-state index in [2.05, 4.69) is 141 Å². The van der Waals surface area contributed by atoms with Gasteiger partial charge in [-0.2, -0.15) is 0 Å². The monoisotopic (exact) mass is 578 g/mol. The van der Waals surface area contributed by atoms with E-state index in [4.69, 9.17) is 4.74 Å². The average Bonchev–Trinajstić information content (AvgIpc) is 2.90. The van der Waals surface area contributed by atoms with Crippen LogP contribution in [-0.2, 0) is 0 Å². The Kier molecular flexibility index (Phi) is 5.89. The molecule has 0 fully saturated rings. The third kappa shape index (κ3) is 4.05. The van der Waals surface area contributed by atoms with Crippen molar-refractivity contribution in [2.75, 3.05) is 0 Å². The molecule has 0 atom stereocenters. The molecule has 6 aromatic carbocycles. The van der Waals surface area contributed by atoms with Gasteiger partial charge in [0.1, 0.15) is 11.5 Å². The molecule has 0 heterocycles. The Morgan fingerprint density at radius 3 is 1.23 bits per heavy atom. The van der Waals surface area contributed by atoms with Crippen molar-refractivity contribution in [2.45, 2.75) is 0 Å². The van der Waals surface area contributed by atoms with Crippen molar-refractivity contribution in [3.63, 3.8) is 0 Å². The molecule has 1 nitrogen and oxygen atoms in total. The molecule has 0 saturated carbocycles. The van der Waals surface area contributed by atoms with Crippen LogP contribution in [0.1, 0.15) is 0 Å². The molecule has 0 aliphatic heterocycles. The van der Waals surface area contributed by atoms with E-state index in [1.54, 1.807) is 0 Å². The van der Waals surface area contributed by atoms with Crippen LogP contribution in [0.3, 0.4) is 0 Å². The van der Waals surface area contributed by atoms with Crippen LogP contribution in [0.2, 0.25) is 0 Å². The van der Waals surface area contributed by atoms with E-state index in [0.717, 1.165) is 64.2 Å². The highest BCUT2D eigenvalue weighted by molar-refractivity contribution is 9.11. The maximum Gasteiger partial charge on any atom is 0.143 e. The molecule has 0 N–H and O–H groups in total. The third-order valence-corrected chi connectivity index (χ3v) is 7.67. The highest BCUT2D eigenvalue weighted by Crippen LogP contribution is 2.47. The van der Waals surface area contributed by atoms with Gasteiger partial charge in [-0.3, -0.25) is 0 Å². The molecule has 0 unspecified atom stereocenters. The number of halogens is 2. The second-order valence-electron chi connectivity index (χ2n) is 8.39. The molecule has 0 aromatic heterocycles. The van der Waals surface area contributed by atoms with E-state index < -0.39 is 0 Å². The second-order valence-corrected chi connectivity index (χ2v) is 10.1. The van der Waals surface area contributed by atoms with Gasteiger partial charge >= 0.3 is 0 Å². The fourth-order valence-electron chi connectivity index (χ4n) is 4.59. The lowest BCUT2D eigenvalue weighted by Gasteiger charge is -2.20. The lowest BCUT2D eigenvalue weighted by atomic mass is 9.98. The highest BCUT2D eigenvalue weighted by Gasteiger charge is 2.19. The van der Waals surface area contributed by atoms with E-state index in [1.165, 1.54) is 0 Å². The number of fused-ring (bicyclic) bond motifs is 2. The molecule has 3 heteroatoms. The summed E-state index contributed by atoms with van der Waals surface area (Å²) >= 11 is 7.51. The van der Waals surface area contributed by atoms with Gasteiger partial charge in [-0.25, -0.2) is 0 Å². The summed E-state index contributed by atoms with van der Waals surface area (Å²) in [7, 11) is 0. The quantitative estimate of drug-likeness (QED) is 0.202. The summed E-state index contributed by atoms with van der Waals surface area (Å²) in [5.41, 5.74) is 4.27. The van der Waals surface area contributed by atoms with Gasteiger partial charge in [0.2, 0.25) is 0 Å². The minimum atomic E-state index is 0.847. The number of ether oxygens (including phenoxy) is 1. The van der Waals surface area contributed by atoms with Crippen molar-refractivity contribution in [1.29, 1.82) is 0 Å². The maximum atomic E-state index is 7.04. The van der Waals surface area contributed by atoms with E-state index in [1.807, 2.05) is 12.1 Å². The number of benzene rings is 6. The predicted molar refractivity (Wildman–Crippen MR) is 154 cm³/mol. The van der Waals surface area contributed by atoms with Crippen LogP contribution in [0.4, 0.5) is 0 Å². The minimum absolute atomic E-state index is 0.847. The Balaban J connectivity index is 1.67. The van der Waals surface area contributed by atoms with Crippen LogP contribution in [0.15, 0.2) is 130 Å². The van der Waals surface area contributed by atoms with Gasteiger partial charge in [-0.05, 0) is 46.2 Å². The van der Waals surface area contributed by atoms with Crippen molar-refractivity contribution >= 4 is 53.4 Å². The third-order valence-electron chi connectivity index (χ3n) is 6.29. The van der Waals surface area contributed by atoms with E-state index in [9.17, 15) is 0 Å². The summed E-state index contributed by atoms with van der Waals surface area (Å²) in [6.45, 7) is 0. The highest BCUT2D eigenvalue weighted by atomic mass is 79.9. The normalized spacial score (nSPS) is 11.1. The van der Waals surface area contributed by atoms with Gasteiger partial charge in [0.25, 0.3) is 0 Å². The van der Waals surface area contributed by atoms with Crippen molar-refractivity contribution < 1.29 is 4.74 Å². The Hall–Kier alpha value is -3.40. The zero-order valence-corrected chi connectivity index (χ0v) is 21.9. The molecule has 0 radical (unpaired) electrons. The maximum absolute atomic E-state index is 7.04. The average molecular weight is 580 g/mol. The first kappa shape index (κ1) is 22.1. The molecule has 0 aliphatic rings. The molecular weight excluding hydrogens is 560 g/mol. The largest absolute Gasteiger partial charge is 0.455 e. The SMILES string of the molecule is Brc1ccccc1-c1ccc2ccccc2c1Oc1c(-c2ccccc2Br)ccc2ccccc12. The summed E-state index contributed by atoms with van der Waals surface area (Å²) in [4.78, 5) is 0. The Bertz CT molecular complexity index is 1580. The molecular formula is C32H20Br2O. The zero-order chi connectivity index (χ0) is 23.8. The van der Waals surface area contributed by atoms with Crippen LogP contribution in [0, 0.1) is 0 Å². The Labute approximate surface area is 221 Å². The summed E-state index contributed by atoms with van der Waals surface area (Å²) < 4.78 is 9.11. The topological polar surface area (TPSA) is 9.23 Å². The van der Waals surface area contributed by atoms with Crippen molar-refractivity contribution in [1.82, 2.24) is 0 Å². The van der Waals surface area contributed by atoms with Gasteiger partial charge in [-0.1, -0.05) is 129 Å². The fourth-order valence-corrected chi connectivity index (χ4v) is 5.59. The van der Waals surface area contributed by atoms with E-state index >= 15 is 0 Å². The minimum Gasteiger partial charge on any atom is -0.455 e. The molecule has 35 heavy (non-hydrogen) atoms. The lowest BCUT2D eigenvalue weighted by molar-refractivity contribution is 0.497. The van der Waals surface area contributed by atoms with E-state index in [0.29, 0.717) is 0 Å². The molecule has 0 bridgehead atoms. The Morgan fingerprint density at radius 1 is 0.371 bits per heavy atom. The number of rotatable bonds is 4. The van der Waals surface area contributed by atoms with Gasteiger partial charge in [0, 0.05) is 30.8 Å². The molecule has 6 aromatic rings. The van der Waals surface area contributed by atoms with Crippen LogP contribution >= 0.6 is 31.9 Å². The van der Waals surface area contributed by atoms with Crippen LogP contribution in [-0.4, -0.2) is 0 Å². The zero-order valence-electron chi connectivity index (χ0n) is 18.7. The smallest absolute Gasteiger partial charge is 0.143 e. The van der Waals surface area contributed by atoms with Crippen LogP contribution < -0.4 is 4.74 Å². The van der Waals surface area contributed by atoms with Gasteiger partial charge < -0.3 is 4.74 Å². The van der Waals surface area contributed by atoms with Crippen LogP contribution in [0.5, 0.6) is 11.5 Å². The first-order valence-corrected chi connectivity index (χ1v) is 13.0. The summed E-state index contributed by atoms with van der Waals surface area (Å²) in [6, 6.07) is 42.0. The Morgan fingerprint density at radius 2 is 0.771 bits per heavy atom. The molecule has 0 spiro atoms. The molecule has 6 rings (SSSR count). The molecule has 0 saturated heterocycles. The first-order valence-electron chi connectivity index (χ1n) is 11.4. The second kappa shape index (κ2) is 9.33. The van der Waals surface area contributed by atoms with Gasteiger partial charge in [0.05, 0.1) is 0 Å². The van der Waals surface area contributed by atoms with Gasteiger partial charge in [0.15, 0.2) is 0 Å².